The molecule has 0 aliphatic rings. The number of halogens is 1. The molecule has 17 heavy (non-hydrogen) atoms. The summed E-state index contributed by atoms with van der Waals surface area (Å²) in [5.41, 5.74) is 6.62. The zero-order chi connectivity index (χ0) is 11.8. The Morgan fingerprint density at radius 1 is 1.00 bits per heavy atom. The van der Waals surface area contributed by atoms with Crippen LogP contribution in [-0.4, -0.2) is 9.78 Å². The van der Waals surface area contributed by atoms with Gasteiger partial charge in [0.25, 0.3) is 0 Å². The average Bonchev–Trinajstić information content (AvgIpc) is 2.75. The fraction of sp³-hybridized carbons (Fsp3) is 0. The third-order valence-corrected chi connectivity index (χ3v) is 3.15. The number of benzene rings is 2. The molecule has 1 aromatic heterocycles. The van der Waals surface area contributed by atoms with Crippen LogP contribution in [-0.2, 0) is 0 Å². The number of hydrogen-bond donors (Lipinski definition) is 1. The van der Waals surface area contributed by atoms with Gasteiger partial charge in [0.1, 0.15) is 5.82 Å². The minimum atomic E-state index is 0.529. The molecule has 0 aliphatic carbocycles. The van der Waals surface area contributed by atoms with E-state index in [1.54, 1.807) is 10.7 Å². The monoisotopic (exact) mass is 287 g/mol. The Morgan fingerprint density at radius 2 is 1.76 bits per heavy atom. The lowest BCUT2D eigenvalue weighted by molar-refractivity contribution is 0.887. The second-order valence-corrected chi connectivity index (χ2v) is 4.78. The van der Waals surface area contributed by atoms with Crippen LogP contribution in [0.25, 0.3) is 16.5 Å². The van der Waals surface area contributed by atoms with E-state index in [0.29, 0.717) is 5.82 Å². The Kier molecular flexibility index (Phi) is 2.37. The van der Waals surface area contributed by atoms with E-state index >= 15 is 0 Å². The van der Waals surface area contributed by atoms with Crippen LogP contribution in [0.15, 0.2) is 53.1 Å². The number of nitrogens with zero attached hydrogens (tertiary/aromatic N) is 2. The molecule has 1 heterocycles. The van der Waals surface area contributed by atoms with E-state index in [4.69, 9.17) is 5.73 Å². The van der Waals surface area contributed by atoms with Crippen molar-refractivity contribution in [2.45, 2.75) is 0 Å². The minimum Gasteiger partial charge on any atom is -0.382 e. The second kappa shape index (κ2) is 3.89. The number of nitrogen functional groups attached to an aromatic ring is 1. The molecule has 0 spiro atoms. The van der Waals surface area contributed by atoms with Crippen molar-refractivity contribution in [3.63, 3.8) is 0 Å². The van der Waals surface area contributed by atoms with Gasteiger partial charge in [-0.25, -0.2) is 4.68 Å². The van der Waals surface area contributed by atoms with Gasteiger partial charge in [-0.2, -0.15) is 5.10 Å². The number of nitrogens with two attached hydrogens (primary N) is 1. The fourth-order valence-electron chi connectivity index (χ4n) is 1.83. The SMILES string of the molecule is Nc1ccn(-c2ccc3cc(Br)ccc3c2)n1. The van der Waals surface area contributed by atoms with Crippen molar-refractivity contribution in [3.05, 3.63) is 53.1 Å². The maximum Gasteiger partial charge on any atom is 0.145 e. The first-order chi connectivity index (χ1) is 8.22. The summed E-state index contributed by atoms with van der Waals surface area (Å²) in [6.07, 6.45) is 1.86. The smallest absolute Gasteiger partial charge is 0.145 e. The second-order valence-electron chi connectivity index (χ2n) is 3.86. The van der Waals surface area contributed by atoms with Crippen LogP contribution in [0.3, 0.4) is 0 Å². The molecule has 0 saturated heterocycles. The maximum atomic E-state index is 5.61. The third kappa shape index (κ3) is 1.91. The van der Waals surface area contributed by atoms with Crippen molar-refractivity contribution in [1.29, 1.82) is 0 Å². The number of anilines is 1. The highest BCUT2D eigenvalue weighted by Crippen LogP contribution is 2.22. The minimum absolute atomic E-state index is 0.529. The summed E-state index contributed by atoms with van der Waals surface area (Å²) in [6.45, 7) is 0. The van der Waals surface area contributed by atoms with Crippen molar-refractivity contribution in [3.8, 4) is 5.69 Å². The summed E-state index contributed by atoms with van der Waals surface area (Å²) in [7, 11) is 0. The third-order valence-electron chi connectivity index (χ3n) is 2.66. The van der Waals surface area contributed by atoms with Crippen LogP contribution < -0.4 is 5.73 Å². The van der Waals surface area contributed by atoms with E-state index in [2.05, 4.69) is 45.3 Å². The van der Waals surface area contributed by atoms with Gasteiger partial charge < -0.3 is 5.73 Å². The molecule has 0 unspecified atom stereocenters. The zero-order valence-corrected chi connectivity index (χ0v) is 10.6. The molecule has 0 aliphatic heterocycles. The quantitative estimate of drug-likeness (QED) is 0.746. The van der Waals surface area contributed by atoms with Crippen LogP contribution in [0.5, 0.6) is 0 Å². The van der Waals surface area contributed by atoms with Gasteiger partial charge in [0.15, 0.2) is 0 Å². The van der Waals surface area contributed by atoms with Crippen molar-refractivity contribution in [1.82, 2.24) is 9.78 Å². The van der Waals surface area contributed by atoms with Crippen molar-refractivity contribution in [2.24, 2.45) is 0 Å². The topological polar surface area (TPSA) is 43.8 Å². The van der Waals surface area contributed by atoms with E-state index in [9.17, 15) is 0 Å². The van der Waals surface area contributed by atoms with Gasteiger partial charge in [0.2, 0.25) is 0 Å². The highest BCUT2D eigenvalue weighted by atomic mass is 79.9. The lowest BCUT2D eigenvalue weighted by Gasteiger charge is -2.04. The molecular weight excluding hydrogens is 278 g/mol. The van der Waals surface area contributed by atoms with Crippen LogP contribution in [0.4, 0.5) is 5.82 Å². The zero-order valence-electron chi connectivity index (χ0n) is 8.97. The molecule has 0 amide bonds. The summed E-state index contributed by atoms with van der Waals surface area (Å²) < 4.78 is 2.86. The molecule has 84 valence electrons. The largest absolute Gasteiger partial charge is 0.382 e. The van der Waals surface area contributed by atoms with Crippen molar-refractivity contribution >= 4 is 32.5 Å². The highest BCUT2D eigenvalue weighted by Gasteiger charge is 2.00. The first-order valence-corrected chi connectivity index (χ1v) is 6.02. The van der Waals surface area contributed by atoms with Crippen LogP contribution in [0.1, 0.15) is 0 Å². The van der Waals surface area contributed by atoms with Gasteiger partial charge in [0.05, 0.1) is 5.69 Å². The predicted octanol–water partition coefficient (Wildman–Crippen LogP) is 3.37. The Bertz CT molecular complexity index is 688. The van der Waals surface area contributed by atoms with Gasteiger partial charge in [-0.3, -0.25) is 0 Å². The summed E-state index contributed by atoms with van der Waals surface area (Å²) in [4.78, 5) is 0. The summed E-state index contributed by atoms with van der Waals surface area (Å²) in [6, 6.07) is 14.2. The molecule has 0 fully saturated rings. The van der Waals surface area contributed by atoms with E-state index in [-0.39, 0.29) is 0 Å². The number of aromatic nitrogens is 2. The molecular formula is C13H10BrN3. The molecule has 2 aromatic carbocycles. The van der Waals surface area contributed by atoms with Crippen LogP contribution >= 0.6 is 15.9 Å². The maximum absolute atomic E-state index is 5.61. The number of rotatable bonds is 1. The molecule has 3 aromatic rings. The van der Waals surface area contributed by atoms with Gasteiger partial charge in [-0.1, -0.05) is 28.1 Å². The molecule has 0 atom stereocenters. The Hall–Kier alpha value is -1.81. The van der Waals surface area contributed by atoms with E-state index < -0.39 is 0 Å². The van der Waals surface area contributed by atoms with Crippen LogP contribution in [0.2, 0.25) is 0 Å². The summed E-state index contributed by atoms with van der Waals surface area (Å²) in [5, 5.41) is 6.57. The van der Waals surface area contributed by atoms with Gasteiger partial charge >= 0.3 is 0 Å². The molecule has 0 bridgehead atoms. The van der Waals surface area contributed by atoms with Gasteiger partial charge in [-0.05, 0) is 35.0 Å². The highest BCUT2D eigenvalue weighted by molar-refractivity contribution is 9.10. The van der Waals surface area contributed by atoms with E-state index in [1.807, 2.05) is 18.3 Å². The lowest BCUT2D eigenvalue weighted by atomic mass is 10.1. The first kappa shape index (κ1) is 10.4. The van der Waals surface area contributed by atoms with Gasteiger partial charge in [-0.15, -0.1) is 0 Å². The predicted molar refractivity (Wildman–Crippen MR) is 73.2 cm³/mol. The first-order valence-electron chi connectivity index (χ1n) is 5.23. The fourth-order valence-corrected chi connectivity index (χ4v) is 2.21. The number of hydrogen-bond acceptors (Lipinski definition) is 2. The summed E-state index contributed by atoms with van der Waals surface area (Å²) >= 11 is 3.47. The molecule has 3 rings (SSSR count). The molecule has 4 heteroatoms. The lowest BCUT2D eigenvalue weighted by Crippen LogP contribution is -1.95. The van der Waals surface area contributed by atoms with Gasteiger partial charge in [0, 0.05) is 16.7 Å². The molecule has 0 saturated carbocycles. The summed E-state index contributed by atoms with van der Waals surface area (Å²) in [5.74, 6) is 0.529. The average molecular weight is 288 g/mol. The number of fused-ring (bicyclic) bond motifs is 1. The van der Waals surface area contributed by atoms with Crippen molar-refractivity contribution in [2.75, 3.05) is 5.73 Å². The van der Waals surface area contributed by atoms with E-state index in [1.165, 1.54) is 10.8 Å². The molecule has 0 radical (unpaired) electrons. The van der Waals surface area contributed by atoms with E-state index in [0.717, 1.165) is 10.2 Å². The molecule has 3 nitrogen and oxygen atoms in total. The Balaban J connectivity index is 2.16. The standard InChI is InChI=1S/C13H10BrN3/c14-11-3-1-10-8-12(4-2-9(10)7-11)17-6-5-13(15)16-17/h1-8H,(H2,15,16). The Labute approximate surface area is 107 Å². The normalized spacial score (nSPS) is 10.9. The van der Waals surface area contributed by atoms with Crippen LogP contribution in [0, 0.1) is 0 Å². The van der Waals surface area contributed by atoms with Crippen molar-refractivity contribution < 1.29 is 0 Å². The Morgan fingerprint density at radius 3 is 2.53 bits per heavy atom. The molecule has 2 N–H and O–H groups in total.